The molecular weight excluding hydrogens is 274 g/mol. The maximum absolute atomic E-state index is 12.4. The lowest BCUT2D eigenvalue weighted by Crippen LogP contribution is -2.39. The average Bonchev–Trinajstić information content (AvgIpc) is 3.08. The van der Waals surface area contributed by atoms with Gasteiger partial charge in [0.15, 0.2) is 0 Å². The van der Waals surface area contributed by atoms with Crippen molar-refractivity contribution in [2.24, 2.45) is 11.8 Å². The van der Waals surface area contributed by atoms with Crippen molar-refractivity contribution in [1.82, 2.24) is 0 Å². The van der Waals surface area contributed by atoms with E-state index in [0.29, 0.717) is 11.4 Å². The molecule has 0 aliphatic carbocycles. The standard InChI is InChI=1S/C15H15NO5/c1-20-9-4-2-8(3-5-9)16-14(17)12-10-6-7-11(21-10)13(12)15(18)19/h2-7,10-13H,1H3,(H,16,17)(H,18,19)/t10-,11+,12+,13-/m0/s1. The largest absolute Gasteiger partial charge is 0.497 e. The zero-order valence-corrected chi connectivity index (χ0v) is 11.4. The van der Waals surface area contributed by atoms with E-state index in [2.05, 4.69) is 5.32 Å². The number of hydrogen-bond acceptors (Lipinski definition) is 4. The Morgan fingerprint density at radius 1 is 1.14 bits per heavy atom. The van der Waals surface area contributed by atoms with Crippen LogP contribution >= 0.6 is 0 Å². The molecule has 6 heteroatoms. The summed E-state index contributed by atoms with van der Waals surface area (Å²) in [5.41, 5.74) is 0.594. The van der Waals surface area contributed by atoms with Crippen molar-refractivity contribution in [1.29, 1.82) is 0 Å². The van der Waals surface area contributed by atoms with Crippen molar-refractivity contribution in [3.05, 3.63) is 36.4 Å². The number of carbonyl (C=O) groups is 2. The van der Waals surface area contributed by atoms with Gasteiger partial charge < -0.3 is 19.9 Å². The molecule has 4 atom stereocenters. The summed E-state index contributed by atoms with van der Waals surface area (Å²) >= 11 is 0. The zero-order valence-electron chi connectivity index (χ0n) is 11.4. The fourth-order valence-electron chi connectivity index (χ4n) is 2.81. The van der Waals surface area contributed by atoms with Gasteiger partial charge in [-0.15, -0.1) is 0 Å². The Bertz CT molecular complexity index is 595. The fourth-order valence-corrected chi connectivity index (χ4v) is 2.81. The lowest BCUT2D eigenvalue weighted by molar-refractivity contribution is -0.145. The van der Waals surface area contributed by atoms with Crippen LogP contribution in [0.2, 0.25) is 0 Å². The van der Waals surface area contributed by atoms with Crippen LogP contribution in [0.1, 0.15) is 0 Å². The van der Waals surface area contributed by atoms with Crippen LogP contribution < -0.4 is 10.1 Å². The van der Waals surface area contributed by atoms with E-state index in [9.17, 15) is 14.7 Å². The van der Waals surface area contributed by atoms with Crippen LogP contribution in [0.5, 0.6) is 5.75 Å². The predicted molar refractivity (Wildman–Crippen MR) is 74.0 cm³/mol. The number of ether oxygens (including phenoxy) is 2. The third kappa shape index (κ3) is 2.38. The molecule has 110 valence electrons. The molecule has 6 nitrogen and oxygen atoms in total. The number of aliphatic carboxylic acids is 1. The maximum Gasteiger partial charge on any atom is 0.310 e. The van der Waals surface area contributed by atoms with Gasteiger partial charge in [0.1, 0.15) is 11.7 Å². The fraction of sp³-hybridized carbons (Fsp3) is 0.333. The molecule has 0 saturated carbocycles. The molecule has 21 heavy (non-hydrogen) atoms. The second-order valence-corrected chi connectivity index (χ2v) is 5.06. The second-order valence-electron chi connectivity index (χ2n) is 5.06. The number of amides is 1. The van der Waals surface area contributed by atoms with Crippen LogP contribution in [-0.2, 0) is 14.3 Å². The first kappa shape index (κ1) is 13.6. The van der Waals surface area contributed by atoms with E-state index in [1.807, 2.05) is 0 Å². The Balaban J connectivity index is 1.75. The van der Waals surface area contributed by atoms with E-state index >= 15 is 0 Å². The van der Waals surface area contributed by atoms with Gasteiger partial charge in [0.25, 0.3) is 0 Å². The molecule has 2 aliphatic rings. The molecular formula is C15H15NO5. The van der Waals surface area contributed by atoms with Crippen molar-refractivity contribution in [3.8, 4) is 5.75 Å². The highest BCUT2D eigenvalue weighted by atomic mass is 16.5. The summed E-state index contributed by atoms with van der Waals surface area (Å²) in [4.78, 5) is 23.7. The normalized spacial score (nSPS) is 29.4. The number of fused-ring (bicyclic) bond motifs is 2. The number of carboxylic acids is 1. The van der Waals surface area contributed by atoms with E-state index in [4.69, 9.17) is 9.47 Å². The summed E-state index contributed by atoms with van der Waals surface area (Å²) in [6.45, 7) is 0. The predicted octanol–water partition coefficient (Wildman–Crippen LogP) is 1.29. The number of anilines is 1. The van der Waals surface area contributed by atoms with Crippen molar-refractivity contribution in [2.45, 2.75) is 12.2 Å². The smallest absolute Gasteiger partial charge is 0.310 e. The third-order valence-electron chi connectivity index (χ3n) is 3.84. The van der Waals surface area contributed by atoms with Crippen molar-refractivity contribution < 1.29 is 24.2 Å². The molecule has 0 aromatic heterocycles. The highest BCUT2D eigenvalue weighted by molar-refractivity contribution is 5.96. The minimum absolute atomic E-state index is 0.343. The Labute approximate surface area is 121 Å². The van der Waals surface area contributed by atoms with Crippen LogP contribution in [0, 0.1) is 11.8 Å². The van der Waals surface area contributed by atoms with E-state index in [-0.39, 0.29) is 5.91 Å². The highest BCUT2D eigenvalue weighted by Crippen LogP contribution is 2.39. The average molecular weight is 289 g/mol. The summed E-state index contributed by atoms with van der Waals surface area (Å²) in [5, 5.41) is 12.0. The van der Waals surface area contributed by atoms with Crippen LogP contribution in [0.4, 0.5) is 5.69 Å². The first-order chi connectivity index (χ1) is 10.1. The highest BCUT2D eigenvalue weighted by Gasteiger charge is 2.53. The topological polar surface area (TPSA) is 84.9 Å². The summed E-state index contributed by atoms with van der Waals surface area (Å²) in [6.07, 6.45) is 2.48. The van der Waals surface area contributed by atoms with Gasteiger partial charge in [-0.05, 0) is 24.3 Å². The minimum atomic E-state index is -1.01. The molecule has 0 spiro atoms. The molecule has 2 N–H and O–H groups in total. The molecule has 2 bridgehead atoms. The molecule has 1 aromatic carbocycles. The van der Waals surface area contributed by atoms with Crippen LogP contribution in [0.25, 0.3) is 0 Å². The zero-order chi connectivity index (χ0) is 15.0. The molecule has 0 unspecified atom stereocenters. The Morgan fingerprint density at radius 2 is 1.76 bits per heavy atom. The van der Waals surface area contributed by atoms with Crippen LogP contribution in [-0.4, -0.2) is 36.3 Å². The van der Waals surface area contributed by atoms with Crippen molar-refractivity contribution >= 4 is 17.6 Å². The molecule has 0 radical (unpaired) electrons. The lowest BCUT2D eigenvalue weighted by Gasteiger charge is -2.21. The van der Waals surface area contributed by atoms with Crippen LogP contribution in [0.3, 0.4) is 0 Å². The van der Waals surface area contributed by atoms with Crippen molar-refractivity contribution in [3.63, 3.8) is 0 Å². The quantitative estimate of drug-likeness (QED) is 0.816. The van der Waals surface area contributed by atoms with E-state index < -0.39 is 30.0 Å². The van der Waals surface area contributed by atoms with E-state index in [0.717, 1.165) is 0 Å². The number of hydrogen-bond donors (Lipinski definition) is 2. The van der Waals surface area contributed by atoms with Gasteiger partial charge in [0, 0.05) is 5.69 Å². The van der Waals surface area contributed by atoms with E-state index in [1.54, 1.807) is 43.5 Å². The Hall–Kier alpha value is -2.34. The third-order valence-corrected chi connectivity index (χ3v) is 3.84. The molecule has 1 aromatic rings. The number of rotatable bonds is 4. The van der Waals surface area contributed by atoms with Gasteiger partial charge in [0.2, 0.25) is 5.91 Å². The molecule has 1 fully saturated rings. The minimum Gasteiger partial charge on any atom is -0.497 e. The van der Waals surface area contributed by atoms with Crippen molar-refractivity contribution in [2.75, 3.05) is 12.4 Å². The van der Waals surface area contributed by atoms with Gasteiger partial charge in [-0.1, -0.05) is 12.2 Å². The van der Waals surface area contributed by atoms with E-state index in [1.165, 1.54) is 0 Å². The summed E-state index contributed by atoms with van der Waals surface area (Å²) in [5.74, 6) is -2.22. The molecule has 1 saturated heterocycles. The summed E-state index contributed by atoms with van der Waals surface area (Å²) in [7, 11) is 1.56. The summed E-state index contributed by atoms with van der Waals surface area (Å²) in [6, 6.07) is 6.86. The number of methoxy groups -OCH3 is 1. The maximum atomic E-state index is 12.4. The van der Waals surface area contributed by atoms with Gasteiger partial charge in [-0.3, -0.25) is 9.59 Å². The molecule has 3 rings (SSSR count). The number of nitrogens with one attached hydrogen (secondary N) is 1. The first-order valence-corrected chi connectivity index (χ1v) is 6.61. The van der Waals surface area contributed by atoms with Crippen LogP contribution in [0.15, 0.2) is 36.4 Å². The monoisotopic (exact) mass is 289 g/mol. The molecule has 1 amide bonds. The summed E-state index contributed by atoms with van der Waals surface area (Å²) < 4.78 is 10.5. The second kappa shape index (κ2) is 5.21. The first-order valence-electron chi connectivity index (χ1n) is 6.61. The lowest BCUT2D eigenvalue weighted by atomic mass is 9.82. The molecule has 2 heterocycles. The molecule has 2 aliphatic heterocycles. The van der Waals surface area contributed by atoms with Gasteiger partial charge in [-0.25, -0.2) is 0 Å². The SMILES string of the molecule is COc1ccc(NC(=O)[C@H]2[C@@H](C(=O)O)[C@H]3C=C[C@@H]2O3)cc1. The number of carbonyl (C=O) groups excluding carboxylic acids is 1. The number of benzene rings is 1. The Kier molecular flexibility index (Phi) is 3.39. The van der Waals surface area contributed by atoms with Gasteiger partial charge in [-0.2, -0.15) is 0 Å². The Morgan fingerprint density at radius 3 is 2.33 bits per heavy atom. The van der Waals surface area contributed by atoms with Gasteiger partial charge >= 0.3 is 5.97 Å². The number of carboxylic acid groups (broad SMARTS) is 1. The van der Waals surface area contributed by atoms with Gasteiger partial charge in [0.05, 0.1) is 25.2 Å².